The first-order valence-electron chi connectivity index (χ1n) is 6.13. The van der Waals surface area contributed by atoms with Crippen LogP contribution in [0.25, 0.3) is 5.65 Å². The van der Waals surface area contributed by atoms with Crippen molar-refractivity contribution >= 4 is 11.5 Å². The Morgan fingerprint density at radius 1 is 1.25 bits per heavy atom. The summed E-state index contributed by atoms with van der Waals surface area (Å²) in [7, 11) is 1.53. The molecule has 0 atom stereocenters. The number of methoxy groups -OCH3 is 1. The Labute approximate surface area is 115 Å². The summed E-state index contributed by atoms with van der Waals surface area (Å²) in [4.78, 5) is 0. The smallest absolute Gasteiger partial charge is 0.162 e. The van der Waals surface area contributed by atoms with Crippen molar-refractivity contribution in [1.29, 1.82) is 0 Å². The maximum absolute atomic E-state index is 13.8. The van der Waals surface area contributed by atoms with Gasteiger partial charge in [0, 0.05) is 12.1 Å². The molecule has 0 saturated heterocycles. The maximum Gasteiger partial charge on any atom is 0.162 e. The summed E-state index contributed by atoms with van der Waals surface area (Å²) >= 11 is 0. The molecular formula is C14H13FN4O. The summed E-state index contributed by atoms with van der Waals surface area (Å²) in [5.74, 6) is 1.01. The highest BCUT2D eigenvalue weighted by Gasteiger charge is 2.09. The second-order valence-electron chi connectivity index (χ2n) is 4.24. The predicted octanol–water partition coefficient (Wildman–Crippen LogP) is 2.49. The van der Waals surface area contributed by atoms with Crippen LogP contribution in [0, 0.1) is 5.82 Å². The minimum atomic E-state index is -0.298. The molecule has 5 nitrogen and oxygen atoms in total. The number of benzene rings is 1. The van der Waals surface area contributed by atoms with Gasteiger partial charge in [0.2, 0.25) is 0 Å². The van der Waals surface area contributed by atoms with E-state index in [2.05, 4.69) is 15.5 Å². The Morgan fingerprint density at radius 2 is 2.10 bits per heavy atom. The molecule has 2 aromatic heterocycles. The van der Waals surface area contributed by atoms with Gasteiger partial charge in [0.1, 0.15) is 23.7 Å². The van der Waals surface area contributed by atoms with Crippen LogP contribution in [0.4, 0.5) is 10.2 Å². The molecule has 6 heteroatoms. The predicted molar refractivity (Wildman–Crippen MR) is 73.3 cm³/mol. The molecule has 0 radical (unpaired) electrons. The first-order chi connectivity index (χ1) is 9.79. The second kappa shape index (κ2) is 5.16. The van der Waals surface area contributed by atoms with Crippen LogP contribution in [0.2, 0.25) is 0 Å². The summed E-state index contributed by atoms with van der Waals surface area (Å²) < 4.78 is 20.8. The Kier molecular flexibility index (Phi) is 3.20. The zero-order valence-electron chi connectivity index (χ0n) is 10.9. The molecule has 0 saturated carbocycles. The molecule has 0 amide bonds. The number of rotatable bonds is 4. The van der Waals surface area contributed by atoms with Gasteiger partial charge in [0.25, 0.3) is 0 Å². The van der Waals surface area contributed by atoms with Crippen LogP contribution in [-0.2, 0) is 6.54 Å². The molecule has 0 bridgehead atoms. The van der Waals surface area contributed by atoms with Crippen molar-refractivity contribution in [3.05, 3.63) is 54.1 Å². The number of ether oxygens (including phenoxy) is 1. The number of pyridine rings is 1. The normalized spacial score (nSPS) is 10.7. The third-order valence-electron chi connectivity index (χ3n) is 3.08. The van der Waals surface area contributed by atoms with E-state index in [9.17, 15) is 4.39 Å². The molecule has 0 unspecified atom stereocenters. The fraction of sp³-hybridized carbons (Fsp3) is 0.143. The lowest BCUT2D eigenvalue weighted by Gasteiger charge is -2.12. The molecule has 20 heavy (non-hydrogen) atoms. The number of aromatic nitrogens is 3. The van der Waals surface area contributed by atoms with Gasteiger partial charge in [0.05, 0.1) is 7.11 Å². The van der Waals surface area contributed by atoms with Gasteiger partial charge in [-0.25, -0.2) is 4.39 Å². The van der Waals surface area contributed by atoms with E-state index in [0.717, 1.165) is 11.5 Å². The van der Waals surface area contributed by atoms with Crippen molar-refractivity contribution in [2.75, 3.05) is 12.4 Å². The monoisotopic (exact) mass is 272 g/mol. The molecule has 0 aliphatic heterocycles. The van der Waals surface area contributed by atoms with Gasteiger partial charge in [-0.05, 0) is 24.3 Å². The standard InChI is InChI=1S/C14H13FN4O/c1-20-12-5-2-4-11(15)10(12)8-16-13-6-3-7-14-18-17-9-19(13)14/h2-7,9,16H,8H2,1H3. The Morgan fingerprint density at radius 3 is 2.95 bits per heavy atom. The van der Waals surface area contributed by atoms with Crippen molar-refractivity contribution in [3.8, 4) is 5.75 Å². The van der Waals surface area contributed by atoms with Crippen molar-refractivity contribution in [3.63, 3.8) is 0 Å². The highest BCUT2D eigenvalue weighted by Crippen LogP contribution is 2.22. The SMILES string of the molecule is COc1cccc(F)c1CNc1cccc2nncn12. The molecule has 2 heterocycles. The van der Waals surface area contributed by atoms with E-state index in [1.165, 1.54) is 13.2 Å². The van der Waals surface area contributed by atoms with Gasteiger partial charge in [-0.15, -0.1) is 10.2 Å². The van der Waals surface area contributed by atoms with E-state index in [1.807, 2.05) is 18.2 Å². The van der Waals surface area contributed by atoms with Crippen LogP contribution in [0.5, 0.6) is 5.75 Å². The fourth-order valence-corrected chi connectivity index (χ4v) is 2.07. The van der Waals surface area contributed by atoms with Crippen LogP contribution in [0.15, 0.2) is 42.7 Å². The van der Waals surface area contributed by atoms with Crippen molar-refractivity contribution in [2.45, 2.75) is 6.54 Å². The summed E-state index contributed by atoms with van der Waals surface area (Å²) in [5, 5.41) is 11.0. The molecule has 1 aromatic carbocycles. The zero-order chi connectivity index (χ0) is 13.9. The van der Waals surface area contributed by atoms with Crippen LogP contribution in [0.3, 0.4) is 0 Å². The quantitative estimate of drug-likeness (QED) is 0.792. The highest BCUT2D eigenvalue weighted by molar-refractivity contribution is 5.49. The summed E-state index contributed by atoms with van der Waals surface area (Å²) in [6.07, 6.45) is 1.61. The van der Waals surface area contributed by atoms with Crippen LogP contribution >= 0.6 is 0 Å². The van der Waals surface area contributed by atoms with E-state index in [1.54, 1.807) is 22.9 Å². The van der Waals surface area contributed by atoms with Gasteiger partial charge >= 0.3 is 0 Å². The second-order valence-corrected chi connectivity index (χ2v) is 4.24. The van der Waals surface area contributed by atoms with Gasteiger partial charge < -0.3 is 10.1 Å². The molecule has 3 rings (SSSR count). The summed E-state index contributed by atoms with van der Waals surface area (Å²) in [6, 6.07) is 10.4. The lowest BCUT2D eigenvalue weighted by molar-refractivity contribution is 0.405. The lowest BCUT2D eigenvalue weighted by Crippen LogP contribution is -2.06. The minimum absolute atomic E-state index is 0.298. The van der Waals surface area contributed by atoms with E-state index < -0.39 is 0 Å². The molecule has 3 aromatic rings. The van der Waals surface area contributed by atoms with Gasteiger partial charge in [-0.2, -0.15) is 0 Å². The van der Waals surface area contributed by atoms with Crippen molar-refractivity contribution in [2.24, 2.45) is 0 Å². The number of hydrogen-bond donors (Lipinski definition) is 1. The van der Waals surface area contributed by atoms with E-state index >= 15 is 0 Å². The molecule has 1 N–H and O–H groups in total. The third kappa shape index (κ3) is 2.16. The first-order valence-corrected chi connectivity index (χ1v) is 6.13. The number of fused-ring (bicyclic) bond motifs is 1. The Bertz CT molecular complexity index is 741. The number of anilines is 1. The highest BCUT2D eigenvalue weighted by atomic mass is 19.1. The zero-order valence-corrected chi connectivity index (χ0v) is 10.9. The van der Waals surface area contributed by atoms with Crippen LogP contribution in [-0.4, -0.2) is 21.7 Å². The minimum Gasteiger partial charge on any atom is -0.496 e. The summed E-state index contributed by atoms with van der Waals surface area (Å²) in [6.45, 7) is 0.313. The molecule has 0 spiro atoms. The average molecular weight is 272 g/mol. The van der Waals surface area contributed by atoms with E-state index in [-0.39, 0.29) is 5.82 Å². The molecule has 0 aliphatic rings. The maximum atomic E-state index is 13.8. The van der Waals surface area contributed by atoms with Gasteiger partial charge in [-0.3, -0.25) is 4.40 Å². The van der Waals surface area contributed by atoms with Gasteiger partial charge in [0.15, 0.2) is 5.65 Å². The molecular weight excluding hydrogens is 259 g/mol. The number of nitrogens with zero attached hydrogens (tertiary/aromatic N) is 3. The fourth-order valence-electron chi connectivity index (χ4n) is 2.07. The largest absolute Gasteiger partial charge is 0.496 e. The van der Waals surface area contributed by atoms with Crippen molar-refractivity contribution in [1.82, 2.24) is 14.6 Å². The number of halogens is 1. The van der Waals surface area contributed by atoms with Gasteiger partial charge in [-0.1, -0.05) is 12.1 Å². The molecule has 0 aliphatic carbocycles. The third-order valence-corrected chi connectivity index (χ3v) is 3.08. The topological polar surface area (TPSA) is 51.5 Å². The van der Waals surface area contributed by atoms with Crippen LogP contribution in [0.1, 0.15) is 5.56 Å². The lowest BCUT2D eigenvalue weighted by atomic mass is 10.2. The first kappa shape index (κ1) is 12.4. The Hall–Kier alpha value is -2.63. The molecule has 0 fully saturated rings. The number of hydrogen-bond acceptors (Lipinski definition) is 4. The Balaban J connectivity index is 1.88. The van der Waals surface area contributed by atoms with E-state index in [4.69, 9.17) is 4.74 Å². The average Bonchev–Trinajstić information content (AvgIpc) is 2.94. The summed E-state index contributed by atoms with van der Waals surface area (Å²) in [5.41, 5.74) is 1.22. The molecule has 102 valence electrons. The number of nitrogens with one attached hydrogen (secondary N) is 1. The van der Waals surface area contributed by atoms with E-state index in [0.29, 0.717) is 17.9 Å². The van der Waals surface area contributed by atoms with Crippen LogP contribution < -0.4 is 10.1 Å². The van der Waals surface area contributed by atoms with Crippen molar-refractivity contribution < 1.29 is 9.13 Å².